The Balaban J connectivity index is 1.58. The molecule has 0 spiro atoms. The summed E-state index contributed by atoms with van der Waals surface area (Å²) in [6, 6.07) is 16.9. The van der Waals surface area contributed by atoms with Gasteiger partial charge in [0.25, 0.3) is 0 Å². The van der Waals surface area contributed by atoms with E-state index in [0.29, 0.717) is 30.3 Å². The van der Waals surface area contributed by atoms with E-state index in [9.17, 15) is 4.39 Å². The molecule has 0 saturated carbocycles. The summed E-state index contributed by atoms with van der Waals surface area (Å²) in [6.07, 6.45) is 2.27. The molecule has 0 aliphatic carbocycles. The van der Waals surface area contributed by atoms with Gasteiger partial charge in [0, 0.05) is 37.2 Å². The van der Waals surface area contributed by atoms with Crippen molar-refractivity contribution in [1.82, 2.24) is 9.97 Å². The molecule has 2 aromatic carbocycles. The van der Waals surface area contributed by atoms with E-state index in [2.05, 4.69) is 51.5 Å². The van der Waals surface area contributed by atoms with Gasteiger partial charge in [-0.25, -0.2) is 9.37 Å². The Bertz CT molecular complexity index is 878. The zero-order valence-electron chi connectivity index (χ0n) is 16.3. The molecule has 0 unspecified atom stereocenters. The Morgan fingerprint density at radius 2 is 1.71 bits per heavy atom. The van der Waals surface area contributed by atoms with E-state index in [-0.39, 0.29) is 5.82 Å². The minimum Gasteiger partial charge on any atom is -0.372 e. The Labute approximate surface area is 165 Å². The van der Waals surface area contributed by atoms with E-state index in [1.807, 2.05) is 24.3 Å². The highest BCUT2D eigenvalue weighted by Crippen LogP contribution is 2.20. The Morgan fingerprint density at radius 3 is 2.43 bits per heavy atom. The van der Waals surface area contributed by atoms with Crippen LogP contribution in [-0.4, -0.2) is 29.6 Å². The summed E-state index contributed by atoms with van der Waals surface area (Å²) in [5.41, 5.74) is 2.85. The fourth-order valence-electron chi connectivity index (χ4n) is 3.02. The summed E-state index contributed by atoms with van der Waals surface area (Å²) >= 11 is 0. The van der Waals surface area contributed by atoms with Crippen LogP contribution in [0.5, 0.6) is 0 Å². The number of hydrogen-bond acceptors (Lipinski definition) is 5. The van der Waals surface area contributed by atoms with Crippen molar-refractivity contribution in [2.75, 3.05) is 35.2 Å². The van der Waals surface area contributed by atoms with Crippen LogP contribution in [0.4, 0.5) is 27.5 Å². The minimum atomic E-state index is -0.186. The van der Waals surface area contributed by atoms with Crippen molar-refractivity contribution in [1.29, 1.82) is 0 Å². The summed E-state index contributed by atoms with van der Waals surface area (Å²) in [7, 11) is 0. The van der Waals surface area contributed by atoms with Crippen molar-refractivity contribution in [2.45, 2.75) is 20.3 Å². The standard InChI is InChI=1S/C22H26FN5/c1-3-28(4-2)19-11-9-18(10-12-19)26-21-14-16-25-22(27-21)24-15-13-17-7-5-6-8-20(17)23/h5-12,14,16H,3-4,13,15H2,1-2H3,(H2,24,25,26,27). The van der Waals surface area contributed by atoms with Crippen LogP contribution in [0.3, 0.4) is 0 Å². The van der Waals surface area contributed by atoms with Gasteiger partial charge >= 0.3 is 0 Å². The van der Waals surface area contributed by atoms with Crippen LogP contribution in [0.15, 0.2) is 60.8 Å². The first-order valence-corrected chi connectivity index (χ1v) is 9.62. The Morgan fingerprint density at radius 1 is 0.964 bits per heavy atom. The maximum atomic E-state index is 13.7. The van der Waals surface area contributed by atoms with Crippen LogP contribution in [0, 0.1) is 5.82 Å². The molecule has 3 aromatic rings. The van der Waals surface area contributed by atoms with Gasteiger partial charge in [-0.3, -0.25) is 0 Å². The quantitative estimate of drug-likeness (QED) is 0.556. The van der Waals surface area contributed by atoms with Crippen LogP contribution in [0.25, 0.3) is 0 Å². The van der Waals surface area contributed by atoms with Crippen LogP contribution in [0.2, 0.25) is 0 Å². The van der Waals surface area contributed by atoms with E-state index in [0.717, 1.165) is 18.8 Å². The lowest BCUT2D eigenvalue weighted by Crippen LogP contribution is -2.21. The lowest BCUT2D eigenvalue weighted by molar-refractivity contribution is 0.610. The molecule has 0 atom stereocenters. The molecule has 1 heterocycles. The lowest BCUT2D eigenvalue weighted by Gasteiger charge is -2.21. The molecule has 0 fully saturated rings. The maximum Gasteiger partial charge on any atom is 0.224 e. The highest BCUT2D eigenvalue weighted by atomic mass is 19.1. The van der Waals surface area contributed by atoms with Gasteiger partial charge in [-0.15, -0.1) is 0 Å². The average molecular weight is 379 g/mol. The number of nitrogens with one attached hydrogen (secondary N) is 2. The summed E-state index contributed by atoms with van der Waals surface area (Å²) in [6.45, 7) is 6.83. The van der Waals surface area contributed by atoms with Gasteiger partial charge < -0.3 is 15.5 Å². The summed E-state index contributed by atoms with van der Waals surface area (Å²) in [5, 5.41) is 6.44. The van der Waals surface area contributed by atoms with Crippen LogP contribution < -0.4 is 15.5 Å². The fraction of sp³-hybridized carbons (Fsp3) is 0.273. The lowest BCUT2D eigenvalue weighted by atomic mass is 10.1. The minimum absolute atomic E-state index is 0.186. The molecule has 0 saturated heterocycles. The molecule has 5 nitrogen and oxygen atoms in total. The molecule has 146 valence electrons. The summed E-state index contributed by atoms with van der Waals surface area (Å²) in [4.78, 5) is 11.0. The number of aromatic nitrogens is 2. The third-order valence-electron chi connectivity index (χ3n) is 4.56. The smallest absolute Gasteiger partial charge is 0.224 e. The van der Waals surface area contributed by atoms with Crippen molar-refractivity contribution in [2.24, 2.45) is 0 Å². The zero-order chi connectivity index (χ0) is 19.8. The van der Waals surface area contributed by atoms with E-state index in [1.54, 1.807) is 18.3 Å². The predicted molar refractivity (Wildman–Crippen MR) is 114 cm³/mol. The van der Waals surface area contributed by atoms with Crippen LogP contribution >= 0.6 is 0 Å². The second-order valence-electron chi connectivity index (χ2n) is 6.38. The van der Waals surface area contributed by atoms with Crippen molar-refractivity contribution >= 4 is 23.1 Å². The van der Waals surface area contributed by atoms with Crippen molar-refractivity contribution in [3.05, 3.63) is 72.2 Å². The average Bonchev–Trinajstić information content (AvgIpc) is 2.72. The first-order valence-electron chi connectivity index (χ1n) is 9.62. The second-order valence-corrected chi connectivity index (χ2v) is 6.38. The third kappa shape index (κ3) is 5.19. The molecular formula is C22H26FN5. The number of anilines is 4. The van der Waals surface area contributed by atoms with Gasteiger partial charge in [0.1, 0.15) is 11.6 Å². The van der Waals surface area contributed by atoms with Crippen molar-refractivity contribution in [3.63, 3.8) is 0 Å². The first kappa shape index (κ1) is 19.6. The van der Waals surface area contributed by atoms with E-state index >= 15 is 0 Å². The predicted octanol–water partition coefficient (Wildman–Crippen LogP) is 4.86. The molecular weight excluding hydrogens is 353 g/mol. The van der Waals surface area contributed by atoms with Crippen molar-refractivity contribution in [3.8, 4) is 0 Å². The molecule has 0 radical (unpaired) electrons. The largest absolute Gasteiger partial charge is 0.372 e. The van der Waals surface area contributed by atoms with Gasteiger partial charge in [-0.1, -0.05) is 18.2 Å². The summed E-state index contributed by atoms with van der Waals surface area (Å²) < 4.78 is 13.7. The topological polar surface area (TPSA) is 53.1 Å². The third-order valence-corrected chi connectivity index (χ3v) is 4.56. The van der Waals surface area contributed by atoms with Gasteiger partial charge in [-0.05, 0) is 62.2 Å². The molecule has 6 heteroatoms. The van der Waals surface area contributed by atoms with Gasteiger partial charge in [0.2, 0.25) is 5.95 Å². The van der Waals surface area contributed by atoms with E-state index in [4.69, 9.17) is 0 Å². The molecule has 3 rings (SSSR count). The molecule has 0 aliphatic rings. The van der Waals surface area contributed by atoms with Gasteiger partial charge in [-0.2, -0.15) is 4.98 Å². The first-order chi connectivity index (χ1) is 13.7. The molecule has 28 heavy (non-hydrogen) atoms. The zero-order valence-corrected chi connectivity index (χ0v) is 16.3. The fourth-order valence-corrected chi connectivity index (χ4v) is 3.02. The highest BCUT2D eigenvalue weighted by molar-refractivity contribution is 5.61. The number of nitrogens with zero attached hydrogens (tertiary/aromatic N) is 3. The van der Waals surface area contributed by atoms with Crippen LogP contribution in [-0.2, 0) is 6.42 Å². The Kier molecular flexibility index (Phi) is 6.78. The number of rotatable bonds is 9. The van der Waals surface area contributed by atoms with Crippen molar-refractivity contribution < 1.29 is 4.39 Å². The maximum absolute atomic E-state index is 13.7. The Hall–Kier alpha value is -3.15. The molecule has 2 N–H and O–H groups in total. The monoisotopic (exact) mass is 379 g/mol. The highest BCUT2D eigenvalue weighted by Gasteiger charge is 2.04. The number of hydrogen-bond donors (Lipinski definition) is 2. The van der Waals surface area contributed by atoms with Gasteiger partial charge in [0.05, 0.1) is 0 Å². The molecule has 0 amide bonds. The molecule has 0 bridgehead atoms. The second kappa shape index (κ2) is 9.69. The van der Waals surface area contributed by atoms with E-state index < -0.39 is 0 Å². The van der Waals surface area contributed by atoms with E-state index in [1.165, 1.54) is 11.8 Å². The SMILES string of the molecule is CCN(CC)c1ccc(Nc2ccnc(NCCc3ccccc3F)n2)cc1. The normalized spacial score (nSPS) is 10.5. The summed E-state index contributed by atoms with van der Waals surface area (Å²) in [5.74, 6) is 1.04. The number of halogens is 1. The number of benzene rings is 2. The molecule has 0 aliphatic heterocycles. The molecule has 1 aromatic heterocycles. The van der Waals surface area contributed by atoms with Crippen LogP contribution in [0.1, 0.15) is 19.4 Å². The van der Waals surface area contributed by atoms with Gasteiger partial charge in [0.15, 0.2) is 0 Å².